The number of piperidine rings is 1. The summed E-state index contributed by atoms with van der Waals surface area (Å²) in [6.45, 7) is 2.93. The van der Waals surface area contributed by atoms with Crippen LogP contribution in [0.3, 0.4) is 0 Å². The Labute approximate surface area is 115 Å². The number of ether oxygens (including phenoxy) is 1. The maximum absolute atomic E-state index is 12.4. The molecule has 1 unspecified atom stereocenters. The number of fused-ring (bicyclic) bond motifs is 1. The third kappa shape index (κ3) is 1.88. The summed E-state index contributed by atoms with van der Waals surface area (Å²) in [5, 5.41) is 6.17. The van der Waals surface area contributed by atoms with Gasteiger partial charge < -0.3 is 14.1 Å². The van der Waals surface area contributed by atoms with E-state index < -0.39 is 5.76 Å². The molecular formula is C13H17N3O4. The van der Waals surface area contributed by atoms with E-state index in [1.54, 1.807) is 0 Å². The molecule has 1 amide bonds. The van der Waals surface area contributed by atoms with E-state index in [9.17, 15) is 9.59 Å². The van der Waals surface area contributed by atoms with Crippen LogP contribution >= 0.6 is 0 Å². The van der Waals surface area contributed by atoms with Gasteiger partial charge in [-0.1, -0.05) is 0 Å². The van der Waals surface area contributed by atoms with Crippen molar-refractivity contribution in [1.29, 1.82) is 0 Å². The van der Waals surface area contributed by atoms with Crippen molar-refractivity contribution in [2.75, 3.05) is 26.3 Å². The van der Waals surface area contributed by atoms with Gasteiger partial charge in [-0.05, 0) is 24.7 Å². The smallest absolute Gasteiger partial charge is 0.392 e. The Hall–Kier alpha value is -1.63. The van der Waals surface area contributed by atoms with E-state index in [0.717, 1.165) is 39.1 Å². The molecule has 1 N–H and O–H groups in total. The van der Waals surface area contributed by atoms with Crippen molar-refractivity contribution in [3.05, 3.63) is 16.4 Å². The zero-order valence-electron chi connectivity index (χ0n) is 11.1. The second kappa shape index (κ2) is 4.44. The van der Waals surface area contributed by atoms with E-state index in [2.05, 4.69) is 10.2 Å². The van der Waals surface area contributed by atoms with Crippen molar-refractivity contribution in [1.82, 2.24) is 15.1 Å². The quantitative estimate of drug-likeness (QED) is 0.820. The highest BCUT2D eigenvalue weighted by Gasteiger charge is 2.59. The third-order valence-corrected chi connectivity index (χ3v) is 4.85. The molecule has 3 atom stereocenters. The Morgan fingerprint density at radius 1 is 1.25 bits per heavy atom. The van der Waals surface area contributed by atoms with Crippen molar-refractivity contribution >= 4 is 5.91 Å². The highest BCUT2D eigenvalue weighted by Crippen LogP contribution is 2.51. The molecule has 0 spiro atoms. The number of H-pyrrole nitrogens is 1. The molecular weight excluding hydrogens is 262 g/mol. The number of hydrogen-bond donors (Lipinski definition) is 1. The van der Waals surface area contributed by atoms with Crippen molar-refractivity contribution in [3.63, 3.8) is 0 Å². The zero-order valence-corrected chi connectivity index (χ0v) is 11.1. The van der Waals surface area contributed by atoms with Gasteiger partial charge in [-0.25, -0.2) is 9.89 Å². The summed E-state index contributed by atoms with van der Waals surface area (Å²) in [6.07, 6.45) is 1.61. The molecule has 1 aromatic rings. The van der Waals surface area contributed by atoms with Crippen LogP contribution < -0.4 is 5.76 Å². The molecule has 3 aliphatic rings. The fourth-order valence-corrected chi connectivity index (χ4v) is 3.58. The van der Waals surface area contributed by atoms with E-state index in [1.807, 2.05) is 4.90 Å². The fourth-order valence-electron chi connectivity index (χ4n) is 3.58. The van der Waals surface area contributed by atoms with Gasteiger partial charge >= 0.3 is 5.76 Å². The Morgan fingerprint density at radius 2 is 1.95 bits per heavy atom. The molecule has 0 bridgehead atoms. The van der Waals surface area contributed by atoms with Crippen LogP contribution in [0, 0.1) is 17.8 Å². The summed E-state index contributed by atoms with van der Waals surface area (Å²) in [6, 6.07) is 0. The maximum Gasteiger partial charge on any atom is 0.434 e. The maximum atomic E-state index is 12.4. The van der Waals surface area contributed by atoms with E-state index in [0.29, 0.717) is 17.7 Å². The van der Waals surface area contributed by atoms with Crippen LogP contribution in [0.15, 0.2) is 9.21 Å². The normalized spacial score (nSPS) is 33.2. The van der Waals surface area contributed by atoms with E-state index in [-0.39, 0.29) is 17.7 Å². The van der Waals surface area contributed by atoms with Gasteiger partial charge in [0, 0.05) is 24.9 Å². The summed E-state index contributed by atoms with van der Waals surface area (Å²) < 4.78 is 10.3. The molecule has 7 nitrogen and oxygen atoms in total. The minimum absolute atomic E-state index is 0.139. The number of hydrogen-bond acceptors (Lipinski definition) is 5. The molecule has 3 heterocycles. The van der Waals surface area contributed by atoms with Gasteiger partial charge in [0.05, 0.1) is 13.2 Å². The second-order valence-electron chi connectivity index (χ2n) is 5.94. The summed E-state index contributed by atoms with van der Waals surface area (Å²) in [5.74, 6) is 1.51. The lowest BCUT2D eigenvalue weighted by atomic mass is 9.96. The first kappa shape index (κ1) is 12.1. The van der Waals surface area contributed by atoms with Gasteiger partial charge in [-0.15, -0.1) is 5.10 Å². The summed E-state index contributed by atoms with van der Waals surface area (Å²) in [7, 11) is 0. The van der Waals surface area contributed by atoms with Crippen molar-refractivity contribution in [2.24, 2.45) is 17.8 Å². The van der Waals surface area contributed by atoms with Crippen LogP contribution in [0.25, 0.3) is 0 Å². The zero-order chi connectivity index (χ0) is 13.7. The van der Waals surface area contributed by atoms with Crippen LogP contribution in [0.5, 0.6) is 0 Å². The lowest BCUT2D eigenvalue weighted by molar-refractivity contribution is -0.135. The Balaban J connectivity index is 1.35. The molecule has 1 saturated carbocycles. The van der Waals surface area contributed by atoms with Crippen molar-refractivity contribution in [3.8, 4) is 0 Å². The first-order valence-corrected chi connectivity index (χ1v) is 7.16. The molecule has 3 fully saturated rings. The Morgan fingerprint density at radius 3 is 2.55 bits per heavy atom. The van der Waals surface area contributed by atoms with Crippen LogP contribution in [-0.2, 0) is 9.53 Å². The van der Waals surface area contributed by atoms with Gasteiger partial charge in [0.2, 0.25) is 11.8 Å². The fraction of sp³-hybridized carbons (Fsp3) is 0.769. The number of carbonyl (C=O) groups is 1. The first-order chi connectivity index (χ1) is 9.74. The number of aromatic nitrogens is 2. The lowest BCUT2D eigenvalue weighted by Crippen LogP contribution is -2.39. The molecule has 20 heavy (non-hydrogen) atoms. The van der Waals surface area contributed by atoms with Gasteiger partial charge in [0.15, 0.2) is 0 Å². The second-order valence-corrected chi connectivity index (χ2v) is 5.94. The van der Waals surface area contributed by atoms with Crippen LogP contribution in [-0.4, -0.2) is 47.3 Å². The van der Waals surface area contributed by atoms with Crippen LogP contribution in [0.1, 0.15) is 24.7 Å². The molecule has 0 aromatic carbocycles. The average Bonchev–Trinajstić information content (AvgIpc) is 2.84. The molecule has 2 saturated heterocycles. The number of nitrogens with zero attached hydrogens (tertiary/aromatic N) is 2. The Kier molecular flexibility index (Phi) is 2.70. The molecule has 4 rings (SSSR count). The average molecular weight is 279 g/mol. The van der Waals surface area contributed by atoms with E-state index in [4.69, 9.17) is 9.15 Å². The largest absolute Gasteiger partial charge is 0.434 e. The number of nitrogens with one attached hydrogen (secondary N) is 1. The SMILES string of the molecule is O=C(C1[C@H]2COC[C@@H]12)N1CCC(c2n[nH]c(=O)o2)CC1. The van der Waals surface area contributed by atoms with Gasteiger partial charge in [-0.3, -0.25) is 4.79 Å². The number of rotatable bonds is 2. The molecule has 2 aliphatic heterocycles. The third-order valence-electron chi connectivity index (χ3n) is 4.85. The predicted octanol–water partition coefficient (Wildman–Crippen LogP) is -0.0387. The standard InChI is InChI=1S/C13H17N3O4/c17-12(10-8-5-19-6-9(8)10)16-3-1-7(2-4-16)11-14-15-13(18)20-11/h7-10H,1-6H2,(H,15,18)/t8-,9+,10?. The van der Waals surface area contributed by atoms with Gasteiger partial charge in [0.25, 0.3) is 0 Å². The highest BCUT2D eigenvalue weighted by atomic mass is 16.5. The number of amides is 1. The molecule has 1 aromatic heterocycles. The van der Waals surface area contributed by atoms with E-state index in [1.165, 1.54) is 0 Å². The predicted molar refractivity (Wildman–Crippen MR) is 67.0 cm³/mol. The minimum Gasteiger partial charge on any atom is -0.392 e. The number of aromatic amines is 1. The molecule has 1 aliphatic carbocycles. The summed E-state index contributed by atoms with van der Waals surface area (Å²) in [5.41, 5.74) is 0. The monoisotopic (exact) mass is 279 g/mol. The summed E-state index contributed by atoms with van der Waals surface area (Å²) in [4.78, 5) is 25.3. The summed E-state index contributed by atoms with van der Waals surface area (Å²) >= 11 is 0. The molecule has 108 valence electrons. The number of likely N-dealkylation sites (tertiary alicyclic amines) is 1. The van der Waals surface area contributed by atoms with Gasteiger partial charge in [-0.2, -0.15) is 0 Å². The van der Waals surface area contributed by atoms with E-state index >= 15 is 0 Å². The van der Waals surface area contributed by atoms with Crippen molar-refractivity contribution in [2.45, 2.75) is 18.8 Å². The van der Waals surface area contributed by atoms with Crippen LogP contribution in [0.4, 0.5) is 0 Å². The number of carbonyl (C=O) groups excluding carboxylic acids is 1. The van der Waals surface area contributed by atoms with Gasteiger partial charge in [0.1, 0.15) is 0 Å². The first-order valence-electron chi connectivity index (χ1n) is 7.16. The molecule has 0 radical (unpaired) electrons. The highest BCUT2D eigenvalue weighted by molar-refractivity contribution is 5.82. The Bertz CT molecular complexity index is 562. The molecule has 7 heteroatoms. The minimum atomic E-state index is -0.510. The van der Waals surface area contributed by atoms with Crippen LogP contribution in [0.2, 0.25) is 0 Å². The topological polar surface area (TPSA) is 88.4 Å². The lowest BCUT2D eigenvalue weighted by Gasteiger charge is -2.31. The van der Waals surface area contributed by atoms with Crippen molar-refractivity contribution < 1.29 is 13.9 Å².